The number of benzene rings is 1. The average molecular weight is 519 g/mol. The zero-order valence-corrected chi connectivity index (χ0v) is 17.3. The standard InChI is InChI=1S/C18H10Cl2F6N2O5/c19-9-2-3-10(11(20)5-9)12-4-1-8-6-27-7-16(31-13(8)28-12,32-14(29)17(21,22)23)33-15(30)18(24,25)26/h1-5,27H,6-7H2. The van der Waals surface area contributed by atoms with Crippen LogP contribution in [0.4, 0.5) is 26.3 Å². The van der Waals surface area contributed by atoms with Crippen molar-refractivity contribution in [3.05, 3.63) is 45.9 Å². The summed E-state index contributed by atoms with van der Waals surface area (Å²) >= 11 is 11.9. The second-order valence-electron chi connectivity index (χ2n) is 6.45. The van der Waals surface area contributed by atoms with Crippen molar-refractivity contribution in [3.8, 4) is 17.1 Å². The number of rotatable bonds is 3. The van der Waals surface area contributed by atoms with Gasteiger partial charge in [-0.2, -0.15) is 26.3 Å². The lowest BCUT2D eigenvalue weighted by Gasteiger charge is -2.31. The molecule has 15 heteroatoms. The van der Waals surface area contributed by atoms with Gasteiger partial charge >= 0.3 is 30.3 Å². The van der Waals surface area contributed by atoms with E-state index in [1.165, 1.54) is 30.3 Å². The van der Waals surface area contributed by atoms with Crippen molar-refractivity contribution in [2.24, 2.45) is 0 Å². The molecule has 2 heterocycles. The zero-order chi connectivity index (χ0) is 24.6. The van der Waals surface area contributed by atoms with Crippen molar-refractivity contribution < 1.29 is 50.1 Å². The highest BCUT2D eigenvalue weighted by atomic mass is 35.5. The van der Waals surface area contributed by atoms with Gasteiger partial charge in [-0.05, 0) is 24.3 Å². The quantitative estimate of drug-likeness (QED) is 0.366. The fourth-order valence-electron chi connectivity index (χ4n) is 2.61. The number of halogens is 8. The molecule has 0 bridgehead atoms. The van der Waals surface area contributed by atoms with Gasteiger partial charge < -0.3 is 19.5 Å². The Kier molecular flexibility index (Phi) is 6.69. The van der Waals surface area contributed by atoms with E-state index < -0.39 is 42.7 Å². The fraction of sp³-hybridized carbons (Fsp3) is 0.278. The third kappa shape index (κ3) is 5.78. The number of esters is 2. The van der Waals surface area contributed by atoms with Crippen LogP contribution in [0, 0.1) is 0 Å². The summed E-state index contributed by atoms with van der Waals surface area (Å²) in [6.45, 7) is -1.28. The SMILES string of the molecule is O=C(OC1(OC(=O)C(F)(F)F)CNCc2ccc(-c3ccc(Cl)cc3Cl)nc2O1)C(F)(F)F. The predicted molar refractivity (Wildman–Crippen MR) is 99.1 cm³/mol. The number of nitrogens with one attached hydrogen (secondary N) is 1. The first-order valence-corrected chi connectivity index (χ1v) is 9.41. The minimum absolute atomic E-state index is 0.0792. The molecule has 0 saturated carbocycles. The number of ether oxygens (including phenoxy) is 3. The highest BCUT2D eigenvalue weighted by Crippen LogP contribution is 2.35. The number of fused-ring (bicyclic) bond motifs is 1. The van der Waals surface area contributed by atoms with E-state index in [0.29, 0.717) is 0 Å². The Morgan fingerprint density at radius 2 is 1.61 bits per heavy atom. The Bertz CT molecular complexity index is 1060. The molecule has 0 atom stereocenters. The largest absolute Gasteiger partial charge is 0.491 e. The van der Waals surface area contributed by atoms with Gasteiger partial charge in [-0.25, -0.2) is 14.6 Å². The molecule has 0 radical (unpaired) electrons. The molecule has 1 N–H and O–H groups in total. The van der Waals surface area contributed by atoms with E-state index in [4.69, 9.17) is 27.9 Å². The van der Waals surface area contributed by atoms with E-state index >= 15 is 0 Å². The van der Waals surface area contributed by atoms with Crippen LogP contribution in [0.25, 0.3) is 11.3 Å². The number of carbonyl (C=O) groups excluding carboxylic acids is 2. The van der Waals surface area contributed by atoms with Gasteiger partial charge in [-0.15, -0.1) is 0 Å². The molecule has 3 rings (SSSR count). The van der Waals surface area contributed by atoms with Crippen LogP contribution in [0.15, 0.2) is 30.3 Å². The van der Waals surface area contributed by atoms with Gasteiger partial charge in [-0.1, -0.05) is 29.3 Å². The Morgan fingerprint density at radius 1 is 1.00 bits per heavy atom. The summed E-state index contributed by atoms with van der Waals surface area (Å²) in [5, 5.41) is 2.80. The molecule has 33 heavy (non-hydrogen) atoms. The lowest BCUT2D eigenvalue weighted by Crippen LogP contribution is -2.55. The van der Waals surface area contributed by atoms with Crippen molar-refractivity contribution in [3.63, 3.8) is 0 Å². The Labute approximate surface area is 190 Å². The number of hydrogen-bond acceptors (Lipinski definition) is 7. The molecule has 0 saturated heterocycles. The maximum atomic E-state index is 12.8. The molecule has 178 valence electrons. The van der Waals surface area contributed by atoms with Crippen LogP contribution in [-0.2, 0) is 25.6 Å². The number of aromatic nitrogens is 1. The number of hydrogen-bond donors (Lipinski definition) is 1. The molecule has 0 amide bonds. The van der Waals surface area contributed by atoms with E-state index in [0.717, 1.165) is 0 Å². The van der Waals surface area contributed by atoms with E-state index in [2.05, 4.69) is 19.8 Å². The topological polar surface area (TPSA) is 86.8 Å². The Morgan fingerprint density at radius 3 is 2.15 bits per heavy atom. The van der Waals surface area contributed by atoms with Gasteiger partial charge in [-0.3, -0.25) is 0 Å². The summed E-state index contributed by atoms with van der Waals surface area (Å²) in [7, 11) is 0. The first kappa shape index (κ1) is 24.9. The van der Waals surface area contributed by atoms with Crippen LogP contribution in [-0.4, -0.2) is 41.8 Å². The van der Waals surface area contributed by atoms with Gasteiger partial charge in [0.1, 0.15) is 6.54 Å². The summed E-state index contributed by atoms with van der Waals surface area (Å²) in [6.07, 6.45) is -11.3. The van der Waals surface area contributed by atoms with Crippen LogP contribution >= 0.6 is 23.2 Å². The average Bonchev–Trinajstić information content (AvgIpc) is 2.84. The number of nitrogens with zero attached hydrogens (tertiary/aromatic N) is 1. The van der Waals surface area contributed by atoms with E-state index in [1.54, 1.807) is 0 Å². The summed E-state index contributed by atoms with van der Waals surface area (Å²) in [6, 6.07) is 7.10. The van der Waals surface area contributed by atoms with Crippen LogP contribution in [0.2, 0.25) is 10.0 Å². The number of carbonyl (C=O) groups is 2. The molecule has 0 fully saturated rings. The van der Waals surface area contributed by atoms with Crippen LogP contribution in [0.1, 0.15) is 5.56 Å². The predicted octanol–water partition coefficient (Wildman–Crippen LogP) is 4.40. The van der Waals surface area contributed by atoms with E-state index in [-0.39, 0.29) is 33.4 Å². The van der Waals surface area contributed by atoms with Crippen molar-refractivity contribution in [2.45, 2.75) is 24.9 Å². The third-order valence-corrected chi connectivity index (χ3v) is 4.56. The molecule has 0 unspecified atom stereocenters. The molecular weight excluding hydrogens is 509 g/mol. The fourth-order valence-corrected chi connectivity index (χ4v) is 3.11. The molecular formula is C18H10Cl2F6N2O5. The van der Waals surface area contributed by atoms with E-state index in [9.17, 15) is 35.9 Å². The minimum atomic E-state index is -5.64. The molecule has 0 spiro atoms. The minimum Gasteiger partial charge on any atom is -0.401 e. The lowest BCUT2D eigenvalue weighted by molar-refractivity contribution is -0.331. The first-order valence-electron chi connectivity index (χ1n) is 8.65. The summed E-state index contributed by atoms with van der Waals surface area (Å²) in [4.78, 5) is 26.8. The zero-order valence-electron chi connectivity index (χ0n) is 15.8. The highest BCUT2D eigenvalue weighted by molar-refractivity contribution is 6.36. The van der Waals surface area contributed by atoms with Crippen LogP contribution in [0.5, 0.6) is 5.88 Å². The monoisotopic (exact) mass is 518 g/mol. The second kappa shape index (κ2) is 8.88. The molecule has 0 aliphatic carbocycles. The summed E-state index contributed by atoms with van der Waals surface area (Å²) in [5.74, 6) is -9.97. The maximum absolute atomic E-state index is 12.8. The van der Waals surface area contributed by atoms with Crippen molar-refractivity contribution in [1.82, 2.24) is 10.3 Å². The van der Waals surface area contributed by atoms with E-state index in [1.807, 2.05) is 0 Å². The van der Waals surface area contributed by atoms with Gasteiger partial charge in [0.05, 0.1) is 10.7 Å². The Balaban J connectivity index is 2.05. The van der Waals surface area contributed by atoms with Crippen molar-refractivity contribution >= 4 is 35.1 Å². The smallest absolute Gasteiger partial charge is 0.401 e. The molecule has 1 aliphatic rings. The highest BCUT2D eigenvalue weighted by Gasteiger charge is 2.55. The number of alkyl halides is 6. The van der Waals surface area contributed by atoms with Crippen molar-refractivity contribution in [1.29, 1.82) is 0 Å². The molecule has 1 aliphatic heterocycles. The van der Waals surface area contributed by atoms with Crippen molar-refractivity contribution in [2.75, 3.05) is 6.54 Å². The summed E-state index contributed by atoms with van der Waals surface area (Å²) in [5.41, 5.74) is 0.502. The van der Waals surface area contributed by atoms with Gasteiger partial charge in [0.15, 0.2) is 0 Å². The molecule has 1 aromatic carbocycles. The lowest BCUT2D eigenvalue weighted by atomic mass is 10.1. The van der Waals surface area contributed by atoms with Crippen LogP contribution < -0.4 is 10.1 Å². The van der Waals surface area contributed by atoms with Gasteiger partial charge in [0, 0.05) is 22.7 Å². The first-order chi connectivity index (χ1) is 15.2. The molecule has 1 aromatic heterocycles. The summed E-state index contributed by atoms with van der Waals surface area (Å²) < 4.78 is 89.7. The molecule has 7 nitrogen and oxygen atoms in total. The second-order valence-corrected chi connectivity index (χ2v) is 7.29. The normalized spacial score (nSPS) is 15.6. The van der Waals surface area contributed by atoms with Crippen LogP contribution in [0.3, 0.4) is 0 Å². The number of pyridine rings is 1. The van der Waals surface area contributed by atoms with Gasteiger partial charge in [0.2, 0.25) is 5.88 Å². The third-order valence-electron chi connectivity index (χ3n) is 4.01. The Hall–Kier alpha value is -2.77. The molecule has 2 aromatic rings. The maximum Gasteiger partial charge on any atom is 0.491 e. The van der Waals surface area contributed by atoms with Gasteiger partial charge in [0.25, 0.3) is 0 Å².